The zero-order chi connectivity index (χ0) is 24.6. The first-order chi connectivity index (χ1) is 17.6. The summed E-state index contributed by atoms with van der Waals surface area (Å²) in [6.07, 6.45) is 5.41. The summed E-state index contributed by atoms with van der Waals surface area (Å²) < 4.78 is 9.89. The van der Waals surface area contributed by atoms with Crippen molar-refractivity contribution in [2.24, 2.45) is 7.05 Å². The third-order valence-electron chi connectivity index (χ3n) is 8.04. The number of aryl methyl sites for hydroxylation is 1. The fourth-order valence-electron chi connectivity index (χ4n) is 5.91. The first kappa shape index (κ1) is 25.3. The molecule has 194 valence electrons. The van der Waals surface area contributed by atoms with Crippen molar-refractivity contribution in [1.82, 2.24) is 18.9 Å². The first-order valence-electron chi connectivity index (χ1n) is 13.0. The van der Waals surface area contributed by atoms with Crippen LogP contribution in [0.1, 0.15) is 37.1 Å². The molecule has 0 amide bonds. The molecule has 0 unspecified atom stereocenters. The Balaban J connectivity index is 0.00000280. The summed E-state index contributed by atoms with van der Waals surface area (Å²) >= 11 is 0. The minimum absolute atomic E-state index is 0. The largest absolute Gasteiger partial charge is 0.489 e. The van der Waals surface area contributed by atoms with Gasteiger partial charge in [0.25, 0.3) is 5.56 Å². The van der Waals surface area contributed by atoms with Gasteiger partial charge in [0.05, 0.1) is 11.2 Å². The molecule has 6 heteroatoms. The number of aromatic nitrogens is 2. The Labute approximate surface area is 219 Å². The van der Waals surface area contributed by atoms with Crippen molar-refractivity contribution >= 4 is 10.9 Å². The van der Waals surface area contributed by atoms with E-state index < -0.39 is 0 Å². The van der Waals surface area contributed by atoms with Gasteiger partial charge in [-0.1, -0.05) is 43.8 Å². The van der Waals surface area contributed by atoms with Crippen LogP contribution in [0.4, 0.5) is 0 Å². The van der Waals surface area contributed by atoms with E-state index in [0.29, 0.717) is 18.4 Å². The van der Waals surface area contributed by atoms with Gasteiger partial charge in [0.2, 0.25) is 0 Å². The third-order valence-corrected chi connectivity index (χ3v) is 8.04. The highest BCUT2D eigenvalue weighted by molar-refractivity contribution is 5.87. The molecule has 1 saturated heterocycles. The lowest BCUT2D eigenvalue weighted by atomic mass is 9.98. The predicted molar refractivity (Wildman–Crippen MR) is 151 cm³/mol. The minimum Gasteiger partial charge on any atom is -0.489 e. The highest BCUT2D eigenvalue weighted by Crippen LogP contribution is 2.33. The lowest BCUT2D eigenvalue weighted by Gasteiger charge is -2.39. The van der Waals surface area contributed by atoms with Crippen molar-refractivity contribution in [3.63, 3.8) is 0 Å². The highest BCUT2D eigenvalue weighted by Gasteiger charge is 2.29. The van der Waals surface area contributed by atoms with Crippen molar-refractivity contribution in [2.75, 3.05) is 26.7 Å². The van der Waals surface area contributed by atoms with Crippen LogP contribution in [0.3, 0.4) is 0 Å². The first-order valence-corrected chi connectivity index (χ1v) is 13.0. The van der Waals surface area contributed by atoms with Crippen LogP contribution in [-0.2, 0) is 26.6 Å². The standard InChI is InChI=1S/C30H34N4O2.CH4/c1-31-14-10-23(11-15-31)33-16-13-28-27(20-33)26-9-8-24(18-29(26)32(28)2)34-17-12-25(19-30(34)35)36-21-22-6-4-3-5-7-22;/h3-9,12,17-19,23H,10-11,13-16,20-21H2,1-2H3;1H4. The van der Waals surface area contributed by atoms with Gasteiger partial charge in [0, 0.05) is 55.9 Å². The summed E-state index contributed by atoms with van der Waals surface area (Å²) in [6, 6.07) is 20.5. The van der Waals surface area contributed by atoms with E-state index in [1.54, 1.807) is 10.6 Å². The lowest BCUT2D eigenvalue weighted by molar-refractivity contribution is 0.109. The molecule has 0 bridgehead atoms. The number of benzene rings is 2. The van der Waals surface area contributed by atoms with Crippen LogP contribution in [0.25, 0.3) is 16.6 Å². The van der Waals surface area contributed by atoms with Crippen molar-refractivity contribution in [1.29, 1.82) is 0 Å². The number of hydrogen-bond donors (Lipinski definition) is 0. The van der Waals surface area contributed by atoms with E-state index in [-0.39, 0.29) is 13.0 Å². The molecule has 0 N–H and O–H groups in total. The van der Waals surface area contributed by atoms with E-state index in [9.17, 15) is 4.79 Å². The Kier molecular flexibility index (Phi) is 7.22. The molecular weight excluding hydrogens is 460 g/mol. The van der Waals surface area contributed by atoms with Gasteiger partial charge in [0.15, 0.2) is 0 Å². The summed E-state index contributed by atoms with van der Waals surface area (Å²) in [7, 11) is 4.39. The van der Waals surface area contributed by atoms with Gasteiger partial charge in [-0.05, 0) is 62.3 Å². The number of fused-ring (bicyclic) bond motifs is 3. The number of hydrogen-bond acceptors (Lipinski definition) is 4. The summed E-state index contributed by atoms with van der Waals surface area (Å²) in [4.78, 5) is 18.1. The molecule has 6 rings (SSSR count). The van der Waals surface area contributed by atoms with E-state index in [2.05, 4.69) is 46.7 Å². The van der Waals surface area contributed by atoms with Gasteiger partial charge in [-0.25, -0.2) is 0 Å². The normalized spacial score (nSPS) is 16.9. The molecule has 37 heavy (non-hydrogen) atoms. The summed E-state index contributed by atoms with van der Waals surface area (Å²) in [5, 5.41) is 1.31. The number of likely N-dealkylation sites (tertiary alicyclic amines) is 1. The average molecular weight is 499 g/mol. The van der Waals surface area contributed by atoms with Gasteiger partial charge >= 0.3 is 0 Å². The third kappa shape index (κ3) is 4.96. The summed E-state index contributed by atoms with van der Waals surface area (Å²) in [6.45, 7) is 4.98. The molecule has 0 saturated carbocycles. The number of pyridine rings is 1. The average Bonchev–Trinajstić information content (AvgIpc) is 3.19. The van der Waals surface area contributed by atoms with E-state index in [1.807, 2.05) is 42.6 Å². The Morgan fingerprint density at radius 2 is 1.73 bits per heavy atom. The predicted octanol–water partition coefficient (Wildman–Crippen LogP) is 5.00. The minimum atomic E-state index is -0.0904. The fraction of sp³-hybridized carbons (Fsp3) is 0.387. The second-order valence-electron chi connectivity index (χ2n) is 10.3. The van der Waals surface area contributed by atoms with E-state index in [0.717, 1.165) is 30.8 Å². The molecule has 4 aromatic rings. The molecule has 0 spiro atoms. The van der Waals surface area contributed by atoms with E-state index in [1.165, 1.54) is 48.1 Å². The molecule has 6 nitrogen and oxygen atoms in total. The van der Waals surface area contributed by atoms with E-state index in [4.69, 9.17) is 4.74 Å². The zero-order valence-electron chi connectivity index (χ0n) is 21.2. The molecule has 4 heterocycles. The Bertz CT molecular complexity index is 1430. The van der Waals surface area contributed by atoms with Crippen molar-refractivity contribution in [3.8, 4) is 11.4 Å². The molecule has 2 aromatic carbocycles. The highest BCUT2D eigenvalue weighted by atomic mass is 16.5. The van der Waals surface area contributed by atoms with E-state index >= 15 is 0 Å². The molecule has 1 fully saturated rings. The van der Waals surface area contributed by atoms with Gasteiger partial charge < -0.3 is 14.2 Å². The van der Waals surface area contributed by atoms with Crippen LogP contribution in [0.5, 0.6) is 5.75 Å². The van der Waals surface area contributed by atoms with Crippen molar-refractivity contribution < 1.29 is 4.74 Å². The number of nitrogens with zero attached hydrogens (tertiary/aromatic N) is 4. The van der Waals surface area contributed by atoms with Crippen LogP contribution >= 0.6 is 0 Å². The van der Waals surface area contributed by atoms with Gasteiger partial charge in [0.1, 0.15) is 12.4 Å². The van der Waals surface area contributed by atoms with Crippen molar-refractivity contribution in [3.05, 3.63) is 94.0 Å². The summed E-state index contributed by atoms with van der Waals surface area (Å²) in [5.41, 5.74) is 5.96. The number of piperidine rings is 1. The number of rotatable bonds is 5. The molecule has 0 atom stereocenters. The molecule has 2 aliphatic heterocycles. The smallest absolute Gasteiger partial charge is 0.258 e. The van der Waals surface area contributed by atoms with Gasteiger partial charge in [-0.2, -0.15) is 0 Å². The maximum absolute atomic E-state index is 13.0. The SMILES string of the molecule is C.CN1CCC(N2CCc3c(c4ccc(-n5ccc(OCc6ccccc6)cc5=O)cc4n3C)C2)CC1. The second kappa shape index (κ2) is 10.6. The molecule has 2 aliphatic rings. The van der Waals surface area contributed by atoms with Crippen LogP contribution < -0.4 is 10.3 Å². The molecular formula is C31H38N4O2. The fourth-order valence-corrected chi connectivity index (χ4v) is 5.91. The second-order valence-corrected chi connectivity index (χ2v) is 10.3. The Morgan fingerprint density at radius 1 is 0.946 bits per heavy atom. The maximum Gasteiger partial charge on any atom is 0.258 e. The number of ether oxygens (including phenoxy) is 1. The Hall–Kier alpha value is -3.35. The quantitative estimate of drug-likeness (QED) is 0.389. The van der Waals surface area contributed by atoms with Crippen LogP contribution in [0.15, 0.2) is 71.7 Å². The van der Waals surface area contributed by atoms with Gasteiger partial charge in [-0.3, -0.25) is 14.3 Å². The topological polar surface area (TPSA) is 42.6 Å². The van der Waals surface area contributed by atoms with Crippen LogP contribution in [0.2, 0.25) is 0 Å². The molecule has 2 aromatic heterocycles. The van der Waals surface area contributed by atoms with Crippen LogP contribution in [-0.4, -0.2) is 51.7 Å². The Morgan fingerprint density at radius 3 is 2.49 bits per heavy atom. The maximum atomic E-state index is 13.0. The van der Waals surface area contributed by atoms with Crippen LogP contribution in [0, 0.1) is 0 Å². The zero-order valence-corrected chi connectivity index (χ0v) is 21.2. The monoisotopic (exact) mass is 498 g/mol. The molecule has 0 radical (unpaired) electrons. The molecule has 0 aliphatic carbocycles. The summed E-state index contributed by atoms with van der Waals surface area (Å²) in [5.74, 6) is 0.588. The van der Waals surface area contributed by atoms with Gasteiger partial charge in [-0.15, -0.1) is 0 Å². The lowest BCUT2D eigenvalue weighted by Crippen LogP contribution is -2.45. The van der Waals surface area contributed by atoms with Crippen molar-refractivity contribution in [2.45, 2.75) is 45.9 Å².